The molecule has 0 spiro atoms. The van der Waals surface area contributed by atoms with E-state index in [4.69, 9.17) is 14.5 Å². The summed E-state index contributed by atoms with van der Waals surface area (Å²) < 4.78 is 7.85. The van der Waals surface area contributed by atoms with Crippen molar-refractivity contribution in [1.82, 2.24) is 4.98 Å². The Morgan fingerprint density at radius 1 is 1.00 bits per heavy atom. The minimum absolute atomic E-state index is 0. The Kier molecular flexibility index (Phi) is 10.3. The molecule has 5 rings (SSSR count). The van der Waals surface area contributed by atoms with Gasteiger partial charge in [0.1, 0.15) is 0 Å². The molecule has 0 amide bonds. The molecule has 2 heterocycles. The predicted octanol–water partition coefficient (Wildman–Crippen LogP) is 8.82. The van der Waals surface area contributed by atoms with Crippen LogP contribution >= 0.6 is 0 Å². The largest absolute Gasteiger partial charge is 0 e. The molecule has 2 aromatic heterocycles. The summed E-state index contributed by atoms with van der Waals surface area (Å²) in [7, 11) is 0. The summed E-state index contributed by atoms with van der Waals surface area (Å²) in [6.07, 6.45) is 3.09. The summed E-state index contributed by atoms with van der Waals surface area (Å²) in [6.45, 7) is 7.27. The van der Waals surface area contributed by atoms with E-state index in [-0.39, 0.29) is 31.6 Å². The Bertz CT molecular complexity index is 1660. The third-order valence-electron chi connectivity index (χ3n) is 6.54. The van der Waals surface area contributed by atoms with Crippen molar-refractivity contribution in [2.75, 3.05) is 0 Å². The summed E-state index contributed by atoms with van der Waals surface area (Å²) in [5.41, 5.74) is 5.21. The van der Waals surface area contributed by atoms with Gasteiger partial charge in [-0.3, -0.25) is 4.79 Å². The molecule has 1 radical (unpaired) electrons. The Morgan fingerprint density at radius 3 is 2.27 bits per heavy atom. The van der Waals surface area contributed by atoms with Crippen LogP contribution in [0.1, 0.15) is 39.2 Å². The van der Waals surface area contributed by atoms with Crippen molar-refractivity contribution in [3.8, 4) is 22.6 Å². The van der Waals surface area contributed by atoms with E-state index < -0.39 is 13.3 Å². The van der Waals surface area contributed by atoms with Gasteiger partial charge in [-0.25, -0.2) is 0 Å². The molecule has 3 aromatic carbocycles. The fourth-order valence-corrected chi connectivity index (χ4v) is 7.01. The van der Waals surface area contributed by atoms with Crippen LogP contribution in [0.5, 0.6) is 0 Å². The van der Waals surface area contributed by atoms with Crippen LogP contribution in [0, 0.1) is 6.07 Å². The van der Waals surface area contributed by atoms with Crippen molar-refractivity contribution in [3.05, 3.63) is 96.4 Å². The molecule has 0 unspecified atom stereocenters. The SMILES string of the molecule is CC(=O)/C=C(/C)O.CC(C)c1cc(-c2nccc3c[c]([Ge]([CH3])([CH3])[CH3])ccc23)[c-]c2cc(-c3ccccc3)oc12.[Ir]. The van der Waals surface area contributed by atoms with Crippen molar-refractivity contribution < 1.29 is 34.4 Å². The van der Waals surface area contributed by atoms with Gasteiger partial charge in [0.25, 0.3) is 0 Å². The van der Waals surface area contributed by atoms with E-state index in [1.165, 1.54) is 40.7 Å². The van der Waals surface area contributed by atoms with E-state index in [1.807, 2.05) is 24.4 Å². The van der Waals surface area contributed by atoms with E-state index in [9.17, 15) is 4.79 Å². The number of hydrogen-bond donors (Lipinski definition) is 1. The number of carbonyl (C=O) groups excluding carboxylic acids is 1. The Hall–Kier alpha value is -2.99. The Balaban J connectivity index is 0.000000492. The third kappa shape index (κ3) is 7.39. The minimum Gasteiger partial charge on any atom is 0 e. The first-order chi connectivity index (χ1) is 18.4. The first kappa shape index (κ1) is 31.5. The van der Waals surface area contributed by atoms with E-state index in [2.05, 4.69) is 85.7 Å². The predicted molar refractivity (Wildman–Crippen MR) is 165 cm³/mol. The molecule has 0 fully saturated rings. The molecular formula is C34H36GeIrNO3-. The van der Waals surface area contributed by atoms with Crippen molar-refractivity contribution in [3.63, 3.8) is 0 Å². The molecule has 4 nitrogen and oxygen atoms in total. The van der Waals surface area contributed by atoms with Gasteiger partial charge in [0.2, 0.25) is 0 Å². The smallest absolute Gasteiger partial charge is 0 e. The molecule has 6 heteroatoms. The normalized spacial score (nSPS) is 11.8. The van der Waals surface area contributed by atoms with E-state index in [1.54, 1.807) is 0 Å². The first-order valence-corrected chi connectivity index (χ1v) is 20.6. The van der Waals surface area contributed by atoms with Crippen LogP contribution < -0.4 is 4.40 Å². The van der Waals surface area contributed by atoms with Gasteiger partial charge in [-0.1, -0.05) is 18.2 Å². The summed E-state index contributed by atoms with van der Waals surface area (Å²) in [5.74, 6) is 8.45. The van der Waals surface area contributed by atoms with Crippen molar-refractivity contribution in [2.45, 2.75) is 50.9 Å². The van der Waals surface area contributed by atoms with Crippen molar-refractivity contribution >= 4 is 45.2 Å². The van der Waals surface area contributed by atoms with E-state index in [0.717, 1.165) is 33.6 Å². The second-order valence-electron chi connectivity index (χ2n) is 11.3. The van der Waals surface area contributed by atoms with Crippen LogP contribution in [0.15, 0.2) is 89.2 Å². The molecule has 209 valence electrons. The van der Waals surface area contributed by atoms with Gasteiger partial charge in [0, 0.05) is 26.2 Å². The van der Waals surface area contributed by atoms with Crippen molar-refractivity contribution in [1.29, 1.82) is 0 Å². The van der Waals surface area contributed by atoms with Crippen molar-refractivity contribution in [2.24, 2.45) is 0 Å². The van der Waals surface area contributed by atoms with Crippen LogP contribution in [0.3, 0.4) is 0 Å². The molecule has 0 aliphatic carbocycles. The number of nitrogens with zero attached hydrogens (tertiary/aromatic N) is 1. The van der Waals surface area contributed by atoms with E-state index in [0.29, 0.717) is 5.92 Å². The summed E-state index contributed by atoms with van der Waals surface area (Å²) in [5, 5.41) is 11.8. The zero-order valence-electron chi connectivity index (χ0n) is 24.1. The number of allylic oxidation sites excluding steroid dienone is 2. The minimum atomic E-state index is -1.90. The molecule has 1 N–H and O–H groups in total. The van der Waals surface area contributed by atoms with Gasteiger partial charge < -0.3 is 5.11 Å². The number of aliphatic hydroxyl groups excluding tert-OH is 1. The number of aliphatic hydroxyl groups is 1. The average molecular weight is 771 g/mol. The number of rotatable bonds is 5. The van der Waals surface area contributed by atoms with Gasteiger partial charge >= 0.3 is 175 Å². The molecule has 0 saturated heterocycles. The van der Waals surface area contributed by atoms with Gasteiger partial charge in [0.05, 0.1) is 5.76 Å². The zero-order valence-corrected chi connectivity index (χ0v) is 28.6. The third-order valence-corrected chi connectivity index (χ3v) is 10.8. The summed E-state index contributed by atoms with van der Waals surface area (Å²) >= 11 is -1.90. The Morgan fingerprint density at radius 2 is 1.70 bits per heavy atom. The van der Waals surface area contributed by atoms with Gasteiger partial charge in [-0.15, -0.1) is 0 Å². The summed E-state index contributed by atoms with van der Waals surface area (Å²) in [6, 6.07) is 27.3. The standard InChI is InChI=1S/C29H28GeNO.C5H8O2.Ir/c1-19(2)26-17-22(15-23-18-27(32-29(23)26)20-9-7-6-8-10-20)28-25-12-11-24(30(3,4)5)16-21(25)13-14-31-28;1-4(6)3-5(2)7;/h6-14,16-19H,1-5H3;3,6H,1-2H3;/q-1;;/b;4-3-;. The van der Waals surface area contributed by atoms with Crippen LogP contribution in [-0.4, -0.2) is 29.1 Å². The molecule has 0 bridgehead atoms. The molecule has 0 atom stereocenters. The van der Waals surface area contributed by atoms with Crippen LogP contribution in [0.25, 0.3) is 44.3 Å². The quantitative estimate of drug-likeness (QED) is 0.0841. The Labute approximate surface area is 253 Å². The topological polar surface area (TPSA) is 63.3 Å². The monoisotopic (exact) mass is 773 g/mol. The van der Waals surface area contributed by atoms with Crippen LogP contribution in [0.2, 0.25) is 17.3 Å². The molecule has 0 aliphatic heterocycles. The number of ketones is 1. The maximum absolute atomic E-state index is 10.0. The average Bonchev–Trinajstić information content (AvgIpc) is 3.31. The van der Waals surface area contributed by atoms with Crippen LogP contribution in [0.4, 0.5) is 0 Å². The number of fused-ring (bicyclic) bond motifs is 2. The first-order valence-electron chi connectivity index (χ1n) is 13.3. The zero-order chi connectivity index (χ0) is 28.3. The summed E-state index contributed by atoms with van der Waals surface area (Å²) in [4.78, 5) is 14.8. The number of furan rings is 1. The van der Waals surface area contributed by atoms with Crippen LogP contribution in [-0.2, 0) is 24.9 Å². The second kappa shape index (κ2) is 13.1. The fourth-order valence-electron chi connectivity index (χ4n) is 4.55. The number of aromatic nitrogens is 1. The van der Waals surface area contributed by atoms with Gasteiger partial charge in [-0.2, -0.15) is 0 Å². The number of hydrogen-bond acceptors (Lipinski definition) is 4. The van der Waals surface area contributed by atoms with E-state index >= 15 is 0 Å². The molecule has 40 heavy (non-hydrogen) atoms. The molecule has 5 aromatic rings. The molecular weight excluding hydrogens is 735 g/mol. The second-order valence-corrected chi connectivity index (χ2v) is 21.9. The molecule has 0 aliphatic rings. The van der Waals surface area contributed by atoms with Gasteiger partial charge in [-0.05, 0) is 13.8 Å². The molecule has 0 saturated carbocycles. The number of carbonyl (C=O) groups is 1. The maximum atomic E-state index is 10.0. The number of pyridine rings is 1. The van der Waals surface area contributed by atoms with Gasteiger partial charge in [0.15, 0.2) is 5.78 Å². The fraction of sp³-hybridized carbons (Fsp3) is 0.235. The maximum Gasteiger partial charge on any atom is 0 e. The number of benzene rings is 3.